The van der Waals surface area contributed by atoms with Crippen LogP contribution in [-0.2, 0) is 33.3 Å². The lowest BCUT2D eigenvalue weighted by Gasteiger charge is -2.45. The predicted molar refractivity (Wildman–Crippen MR) is 160 cm³/mol. The molecule has 46 heavy (non-hydrogen) atoms. The van der Waals surface area contributed by atoms with Gasteiger partial charge >= 0.3 is 5.97 Å². The van der Waals surface area contributed by atoms with Gasteiger partial charge in [0.15, 0.2) is 6.29 Å². The summed E-state index contributed by atoms with van der Waals surface area (Å²) in [5.74, 6) is -3.70. The third kappa shape index (κ3) is 9.16. The number of methoxy groups -OCH3 is 1. The fourth-order valence-corrected chi connectivity index (χ4v) is 7.03. The first-order valence-electron chi connectivity index (χ1n) is 16.5. The van der Waals surface area contributed by atoms with Crippen molar-refractivity contribution in [1.82, 2.24) is 0 Å². The molecule has 1 saturated carbocycles. The van der Waals surface area contributed by atoms with Gasteiger partial charge in [-0.15, -0.1) is 0 Å². The minimum Gasteiger partial charge on any atom is -0.550 e. The van der Waals surface area contributed by atoms with Crippen LogP contribution in [0.4, 0.5) is 0 Å². The van der Waals surface area contributed by atoms with Crippen molar-refractivity contribution in [3.05, 3.63) is 35.6 Å². The van der Waals surface area contributed by atoms with Gasteiger partial charge in [0.05, 0.1) is 63.2 Å². The maximum atomic E-state index is 13.1. The molecule has 0 aromatic carbocycles. The van der Waals surface area contributed by atoms with Crippen molar-refractivity contribution in [2.45, 2.75) is 95.5 Å². The summed E-state index contributed by atoms with van der Waals surface area (Å²) in [5.41, 5.74) is 1.45. The number of quaternary nitrogens is 1. The number of allylic oxidation sites excluding steroid dienone is 2. The third-order valence-corrected chi connectivity index (χ3v) is 9.35. The first-order valence-corrected chi connectivity index (χ1v) is 16.5. The molecule has 2 saturated heterocycles. The van der Waals surface area contributed by atoms with Crippen LogP contribution in [0, 0.1) is 23.7 Å². The molecule has 4 rings (SSSR count). The number of nitrogens with one attached hydrogen (secondary N) is 1. The average molecular weight is 654 g/mol. The second-order valence-electron chi connectivity index (χ2n) is 13.1. The van der Waals surface area contributed by atoms with Crippen LogP contribution in [0.2, 0.25) is 0 Å². The van der Waals surface area contributed by atoms with Gasteiger partial charge in [-0.05, 0) is 46.0 Å². The largest absolute Gasteiger partial charge is 0.550 e. The maximum Gasteiger partial charge on any atom is 0.337 e. The highest BCUT2D eigenvalue weighted by atomic mass is 16.8. The van der Waals surface area contributed by atoms with Crippen LogP contribution in [0.3, 0.4) is 0 Å². The van der Waals surface area contributed by atoms with Crippen LogP contribution < -0.4 is 10.0 Å². The van der Waals surface area contributed by atoms with Crippen LogP contribution in [0.15, 0.2) is 35.6 Å². The Morgan fingerprint density at radius 2 is 1.83 bits per heavy atom. The van der Waals surface area contributed by atoms with E-state index < -0.39 is 73.3 Å². The van der Waals surface area contributed by atoms with E-state index in [0.29, 0.717) is 26.1 Å². The number of aliphatic hydroxyl groups is 4. The second kappa shape index (κ2) is 17.2. The zero-order valence-corrected chi connectivity index (χ0v) is 27.0. The lowest BCUT2D eigenvalue weighted by atomic mass is 9.79. The summed E-state index contributed by atoms with van der Waals surface area (Å²) < 4.78 is 29.4. The summed E-state index contributed by atoms with van der Waals surface area (Å²) in [6.45, 7) is 4.31. The zero-order chi connectivity index (χ0) is 33.4. The number of likely N-dealkylation sites (tertiary alicyclic amines) is 1. The molecular weight excluding hydrogens is 602 g/mol. The van der Waals surface area contributed by atoms with Gasteiger partial charge < -0.3 is 58.9 Å². The molecule has 0 amide bonds. The van der Waals surface area contributed by atoms with Crippen molar-refractivity contribution in [2.24, 2.45) is 23.7 Å². The second-order valence-corrected chi connectivity index (χ2v) is 13.1. The first kappa shape index (κ1) is 36.5. The summed E-state index contributed by atoms with van der Waals surface area (Å²) in [6.07, 6.45) is 4.80. The molecule has 3 aliphatic heterocycles. The van der Waals surface area contributed by atoms with E-state index >= 15 is 0 Å². The standard InChI is InChI=1S/C33H51NO12/c1-19(2)44-29-28(38)27(37)26(17-36)45-33(29)46-32-24(14-20-7-5-4-6-8-20)23(25(18-43-32)31(41)42-3)10-9-21-13-22(30(39)40)16-34(15-21)11-12-35/h9-10,14,18-19,21-24,26-29,32-33,35-38H,4-8,11-13,15-17H2,1-3H3,(H,39,40). The smallest absolute Gasteiger partial charge is 0.337 e. The van der Waals surface area contributed by atoms with Crippen LogP contribution in [0.5, 0.6) is 0 Å². The van der Waals surface area contributed by atoms with E-state index in [1.54, 1.807) is 13.8 Å². The molecule has 11 atom stereocenters. The Morgan fingerprint density at radius 1 is 1.09 bits per heavy atom. The van der Waals surface area contributed by atoms with E-state index in [2.05, 4.69) is 6.08 Å². The van der Waals surface area contributed by atoms with Gasteiger partial charge in [0.1, 0.15) is 31.0 Å². The molecule has 0 radical (unpaired) electrons. The molecule has 260 valence electrons. The van der Waals surface area contributed by atoms with Crippen molar-refractivity contribution < 1.29 is 63.7 Å². The predicted octanol–water partition coefficient (Wildman–Crippen LogP) is -1.41. The van der Waals surface area contributed by atoms with Crippen molar-refractivity contribution in [3.8, 4) is 0 Å². The SMILES string of the molecule is COC(=O)C1=COC(OC2OC(CO)C(O)C(O)C2OC(C)C)C(C=C2CCCCC2)C1C=CC1CC(C(=O)[O-])C[NH+](CCO)C1. The number of carbonyl (C=O) groups is 2. The van der Waals surface area contributed by atoms with E-state index in [9.17, 15) is 35.1 Å². The number of esters is 1. The summed E-state index contributed by atoms with van der Waals surface area (Å²) in [6, 6.07) is 0. The van der Waals surface area contributed by atoms with Crippen molar-refractivity contribution >= 4 is 11.9 Å². The number of aliphatic hydroxyl groups excluding tert-OH is 4. The number of carboxylic acid groups (broad SMARTS) is 1. The summed E-state index contributed by atoms with van der Waals surface area (Å²) in [5, 5.41) is 52.6. The molecule has 0 aromatic heterocycles. The van der Waals surface area contributed by atoms with Gasteiger partial charge in [-0.2, -0.15) is 0 Å². The number of hydrogen-bond acceptors (Lipinski definition) is 12. The Bertz CT molecular complexity index is 1100. The number of aliphatic carboxylic acids is 1. The first-order chi connectivity index (χ1) is 22.1. The van der Waals surface area contributed by atoms with Crippen LogP contribution in [-0.4, -0.2) is 115 Å². The molecule has 11 unspecified atom stereocenters. The highest BCUT2D eigenvalue weighted by Gasteiger charge is 2.49. The van der Waals surface area contributed by atoms with Crippen LogP contribution in [0.25, 0.3) is 0 Å². The maximum absolute atomic E-state index is 13.1. The molecule has 13 nitrogen and oxygen atoms in total. The lowest BCUT2D eigenvalue weighted by Crippen LogP contribution is -3.15. The van der Waals surface area contributed by atoms with E-state index in [4.69, 9.17) is 23.7 Å². The molecule has 1 aliphatic carbocycles. The lowest BCUT2D eigenvalue weighted by molar-refractivity contribution is -0.911. The minimum atomic E-state index is -1.42. The molecule has 3 fully saturated rings. The zero-order valence-electron chi connectivity index (χ0n) is 27.0. The molecule has 0 bridgehead atoms. The fourth-order valence-electron chi connectivity index (χ4n) is 7.03. The number of piperidine rings is 1. The van der Waals surface area contributed by atoms with E-state index in [1.165, 1.54) is 18.9 Å². The Morgan fingerprint density at radius 3 is 2.46 bits per heavy atom. The van der Waals surface area contributed by atoms with Gasteiger partial charge in [-0.25, -0.2) is 4.79 Å². The molecular formula is C33H51NO12. The normalized spacial score (nSPS) is 37.1. The molecule has 0 spiro atoms. The Labute approximate surface area is 270 Å². The number of hydrogen-bond donors (Lipinski definition) is 5. The number of carbonyl (C=O) groups excluding carboxylic acids is 2. The number of rotatable bonds is 12. The summed E-state index contributed by atoms with van der Waals surface area (Å²) in [7, 11) is 1.29. The van der Waals surface area contributed by atoms with E-state index in [-0.39, 0.29) is 24.2 Å². The molecule has 4 aliphatic rings. The van der Waals surface area contributed by atoms with Gasteiger partial charge in [-0.1, -0.05) is 30.2 Å². The van der Waals surface area contributed by atoms with Crippen molar-refractivity contribution in [1.29, 1.82) is 0 Å². The van der Waals surface area contributed by atoms with Crippen LogP contribution in [0.1, 0.15) is 52.4 Å². The molecule has 0 aromatic rings. The average Bonchev–Trinajstić information content (AvgIpc) is 3.04. The Kier molecular flexibility index (Phi) is 13.6. The minimum absolute atomic E-state index is 0.0665. The number of ether oxygens (including phenoxy) is 5. The van der Waals surface area contributed by atoms with E-state index in [0.717, 1.165) is 37.0 Å². The fraction of sp³-hybridized carbons (Fsp3) is 0.758. The van der Waals surface area contributed by atoms with E-state index in [1.807, 2.05) is 12.2 Å². The monoisotopic (exact) mass is 653 g/mol. The Balaban J connectivity index is 1.70. The van der Waals surface area contributed by atoms with Gasteiger partial charge in [0, 0.05) is 17.8 Å². The molecule has 3 heterocycles. The molecule has 13 heteroatoms. The van der Waals surface area contributed by atoms with Crippen molar-refractivity contribution in [2.75, 3.05) is 40.0 Å². The van der Waals surface area contributed by atoms with Gasteiger partial charge in [-0.3, -0.25) is 0 Å². The van der Waals surface area contributed by atoms with Crippen molar-refractivity contribution in [3.63, 3.8) is 0 Å². The highest BCUT2D eigenvalue weighted by molar-refractivity contribution is 5.89. The number of carboxylic acids is 1. The van der Waals surface area contributed by atoms with Crippen LogP contribution >= 0.6 is 0 Å². The van der Waals surface area contributed by atoms with Gasteiger partial charge in [0.25, 0.3) is 0 Å². The third-order valence-electron chi connectivity index (χ3n) is 9.35. The quantitative estimate of drug-likeness (QED) is 0.123. The summed E-state index contributed by atoms with van der Waals surface area (Å²) in [4.78, 5) is 25.8. The Hall–Kier alpha value is -2.36. The highest BCUT2D eigenvalue weighted by Crippen LogP contribution is 2.39. The topological polar surface area (TPSA) is 189 Å². The molecule has 5 N–H and O–H groups in total. The summed E-state index contributed by atoms with van der Waals surface area (Å²) >= 11 is 0. The van der Waals surface area contributed by atoms with Gasteiger partial charge in [0.2, 0.25) is 6.29 Å².